The number of aromatic hydroxyl groups is 1. The van der Waals surface area contributed by atoms with E-state index in [1.54, 1.807) is 0 Å². The Balaban J connectivity index is 2.46. The summed E-state index contributed by atoms with van der Waals surface area (Å²) >= 11 is 0. The van der Waals surface area contributed by atoms with Crippen LogP contribution in [-0.2, 0) is 0 Å². The first-order valence-electron chi connectivity index (χ1n) is 11.5. The van der Waals surface area contributed by atoms with E-state index in [2.05, 4.69) is 32.9 Å². The summed E-state index contributed by atoms with van der Waals surface area (Å²) in [5.74, 6) is 1.73. The van der Waals surface area contributed by atoms with Gasteiger partial charge in [-0.2, -0.15) is 0 Å². The molecule has 0 spiro atoms. The fourth-order valence-electron chi connectivity index (χ4n) is 4.28. The Hall–Kier alpha value is -0.980. The van der Waals surface area contributed by atoms with Crippen LogP contribution in [-0.4, -0.2) is 5.11 Å². The molecular weight excluding hydrogens is 316 g/mol. The number of phenols is 1. The van der Waals surface area contributed by atoms with Gasteiger partial charge in [0.05, 0.1) is 0 Å². The smallest absolute Gasteiger partial charge is 0.119 e. The van der Waals surface area contributed by atoms with Gasteiger partial charge in [0.1, 0.15) is 5.75 Å². The molecule has 0 bridgehead atoms. The Bertz CT molecular complexity index is 440. The van der Waals surface area contributed by atoms with Crippen molar-refractivity contribution in [1.29, 1.82) is 0 Å². The van der Waals surface area contributed by atoms with E-state index in [1.807, 2.05) is 12.1 Å². The van der Waals surface area contributed by atoms with Crippen LogP contribution < -0.4 is 0 Å². The molecule has 2 atom stereocenters. The van der Waals surface area contributed by atoms with Crippen LogP contribution in [0.5, 0.6) is 5.75 Å². The Morgan fingerprint density at radius 1 is 0.692 bits per heavy atom. The van der Waals surface area contributed by atoms with Crippen molar-refractivity contribution in [2.75, 3.05) is 0 Å². The summed E-state index contributed by atoms with van der Waals surface area (Å²) in [6.45, 7) is 6.89. The maximum absolute atomic E-state index is 10.4. The van der Waals surface area contributed by atoms with Gasteiger partial charge in [-0.15, -0.1) is 0 Å². The first kappa shape index (κ1) is 23.1. The van der Waals surface area contributed by atoms with Gasteiger partial charge in [0.25, 0.3) is 0 Å². The van der Waals surface area contributed by atoms with Crippen molar-refractivity contribution in [3.05, 3.63) is 29.8 Å². The lowest BCUT2D eigenvalue weighted by atomic mass is 9.78. The fourth-order valence-corrected chi connectivity index (χ4v) is 4.28. The van der Waals surface area contributed by atoms with Crippen LogP contribution in [0.1, 0.15) is 122 Å². The highest BCUT2D eigenvalue weighted by Gasteiger charge is 2.23. The van der Waals surface area contributed by atoms with Crippen molar-refractivity contribution >= 4 is 0 Å². The van der Waals surface area contributed by atoms with Gasteiger partial charge in [-0.1, -0.05) is 116 Å². The Morgan fingerprint density at radius 2 is 1.27 bits per heavy atom. The molecule has 0 amide bonds. The molecule has 0 radical (unpaired) electrons. The van der Waals surface area contributed by atoms with Gasteiger partial charge >= 0.3 is 0 Å². The topological polar surface area (TPSA) is 20.2 Å². The van der Waals surface area contributed by atoms with Crippen molar-refractivity contribution in [1.82, 2.24) is 0 Å². The van der Waals surface area contributed by atoms with Gasteiger partial charge in [-0.3, -0.25) is 0 Å². The summed E-state index contributed by atoms with van der Waals surface area (Å²) in [6, 6.07) is 8.06. The largest absolute Gasteiger partial charge is 0.508 e. The number of benzene rings is 1. The molecule has 1 aromatic rings. The number of unbranched alkanes of at least 4 members (excludes halogenated alkanes) is 9. The standard InChI is InChI=1S/C25H44O/c1-4-7-9-10-11-12-13-14-15-19-23(22(6-3)18-8-5-2)24-20-16-17-21-25(24)26/h16-17,20-23,26H,4-15,18-19H2,1-3H3. The summed E-state index contributed by atoms with van der Waals surface area (Å²) in [6.07, 6.45) is 18.7. The van der Waals surface area contributed by atoms with Crippen molar-refractivity contribution < 1.29 is 5.11 Å². The molecule has 150 valence electrons. The highest BCUT2D eigenvalue weighted by atomic mass is 16.3. The maximum atomic E-state index is 10.4. The molecule has 0 fully saturated rings. The average Bonchev–Trinajstić information content (AvgIpc) is 2.66. The Kier molecular flexibility index (Phi) is 13.4. The van der Waals surface area contributed by atoms with E-state index in [9.17, 15) is 5.11 Å². The zero-order valence-corrected chi connectivity index (χ0v) is 17.8. The van der Waals surface area contributed by atoms with E-state index in [-0.39, 0.29) is 0 Å². The lowest BCUT2D eigenvalue weighted by molar-refractivity contribution is 0.336. The van der Waals surface area contributed by atoms with Crippen molar-refractivity contribution in [3.63, 3.8) is 0 Å². The van der Waals surface area contributed by atoms with Gasteiger partial charge in [0.15, 0.2) is 0 Å². The van der Waals surface area contributed by atoms with E-state index in [1.165, 1.54) is 95.5 Å². The second kappa shape index (κ2) is 15.1. The van der Waals surface area contributed by atoms with E-state index >= 15 is 0 Å². The van der Waals surface area contributed by atoms with Crippen LogP contribution in [0.25, 0.3) is 0 Å². The molecule has 1 heteroatoms. The number of hydrogen-bond donors (Lipinski definition) is 1. The average molecular weight is 361 g/mol. The highest BCUT2D eigenvalue weighted by Crippen LogP contribution is 2.39. The molecule has 0 aliphatic heterocycles. The Labute approximate surface area is 163 Å². The van der Waals surface area contributed by atoms with E-state index in [0.717, 1.165) is 0 Å². The normalized spacial score (nSPS) is 13.7. The van der Waals surface area contributed by atoms with E-state index in [0.29, 0.717) is 17.6 Å². The maximum Gasteiger partial charge on any atom is 0.119 e. The molecule has 0 saturated carbocycles. The molecule has 1 nitrogen and oxygen atoms in total. The summed E-state index contributed by atoms with van der Waals surface area (Å²) in [5.41, 5.74) is 1.19. The van der Waals surface area contributed by atoms with Gasteiger partial charge < -0.3 is 5.11 Å². The van der Waals surface area contributed by atoms with Gasteiger partial charge in [-0.25, -0.2) is 0 Å². The molecule has 0 heterocycles. The minimum Gasteiger partial charge on any atom is -0.508 e. The fraction of sp³-hybridized carbons (Fsp3) is 0.760. The first-order valence-corrected chi connectivity index (χ1v) is 11.5. The third kappa shape index (κ3) is 9.10. The van der Waals surface area contributed by atoms with E-state index < -0.39 is 0 Å². The minimum absolute atomic E-state index is 0.503. The molecule has 2 unspecified atom stereocenters. The molecule has 1 rings (SSSR count). The van der Waals surface area contributed by atoms with Crippen LogP contribution >= 0.6 is 0 Å². The number of para-hydroxylation sites is 1. The van der Waals surface area contributed by atoms with Crippen LogP contribution in [0.15, 0.2) is 24.3 Å². The van der Waals surface area contributed by atoms with Crippen LogP contribution in [0.2, 0.25) is 0 Å². The second-order valence-corrected chi connectivity index (χ2v) is 8.09. The van der Waals surface area contributed by atoms with Crippen LogP contribution in [0.3, 0.4) is 0 Å². The third-order valence-corrected chi connectivity index (χ3v) is 5.98. The van der Waals surface area contributed by atoms with Crippen LogP contribution in [0.4, 0.5) is 0 Å². The minimum atomic E-state index is 0.503. The monoisotopic (exact) mass is 360 g/mol. The van der Waals surface area contributed by atoms with Gasteiger partial charge in [0.2, 0.25) is 0 Å². The molecule has 0 saturated heterocycles. The lowest BCUT2D eigenvalue weighted by Crippen LogP contribution is -2.13. The predicted molar refractivity (Wildman–Crippen MR) is 116 cm³/mol. The molecule has 0 aromatic heterocycles. The van der Waals surface area contributed by atoms with Crippen molar-refractivity contribution in [2.45, 2.75) is 117 Å². The number of hydrogen-bond acceptors (Lipinski definition) is 1. The van der Waals surface area contributed by atoms with Crippen molar-refractivity contribution in [3.8, 4) is 5.75 Å². The summed E-state index contributed by atoms with van der Waals surface area (Å²) in [7, 11) is 0. The molecule has 26 heavy (non-hydrogen) atoms. The quantitative estimate of drug-likeness (QED) is 0.292. The zero-order valence-electron chi connectivity index (χ0n) is 17.8. The molecule has 0 aliphatic rings. The molecule has 1 N–H and O–H groups in total. The van der Waals surface area contributed by atoms with Crippen molar-refractivity contribution in [2.24, 2.45) is 5.92 Å². The lowest BCUT2D eigenvalue weighted by Gasteiger charge is -2.27. The molecule has 0 aliphatic carbocycles. The third-order valence-electron chi connectivity index (χ3n) is 5.98. The second-order valence-electron chi connectivity index (χ2n) is 8.09. The number of rotatable bonds is 16. The predicted octanol–water partition coefficient (Wildman–Crippen LogP) is 8.61. The molecular formula is C25H44O. The SMILES string of the molecule is CCCCCCCCCCCC(c1ccccc1O)C(CC)CCCC. The summed E-state index contributed by atoms with van der Waals surface area (Å²) in [4.78, 5) is 0. The summed E-state index contributed by atoms with van der Waals surface area (Å²) in [5, 5.41) is 10.4. The van der Waals surface area contributed by atoms with Gasteiger partial charge in [0, 0.05) is 0 Å². The summed E-state index contributed by atoms with van der Waals surface area (Å²) < 4.78 is 0. The zero-order chi connectivity index (χ0) is 19.0. The van der Waals surface area contributed by atoms with Crippen LogP contribution in [0, 0.1) is 5.92 Å². The van der Waals surface area contributed by atoms with Gasteiger partial charge in [-0.05, 0) is 36.3 Å². The first-order chi connectivity index (χ1) is 12.7. The van der Waals surface area contributed by atoms with E-state index in [4.69, 9.17) is 0 Å². The highest BCUT2D eigenvalue weighted by molar-refractivity contribution is 5.35. The molecule has 1 aromatic carbocycles. The Morgan fingerprint density at radius 3 is 1.85 bits per heavy atom. The number of phenolic OH excluding ortho intramolecular Hbond substituents is 1.